The van der Waals surface area contributed by atoms with E-state index in [1.54, 1.807) is 34.2 Å². The van der Waals surface area contributed by atoms with Gasteiger partial charge >= 0.3 is 0 Å². The Bertz CT molecular complexity index is 1340. The molecular formula is C27H25N5O3. The first-order valence-electron chi connectivity index (χ1n) is 11.6. The van der Waals surface area contributed by atoms with Crippen LogP contribution in [-0.4, -0.2) is 45.8 Å². The third-order valence-corrected chi connectivity index (χ3v) is 5.76. The maximum absolute atomic E-state index is 14.0. The first-order chi connectivity index (χ1) is 17.2. The van der Waals surface area contributed by atoms with Crippen LogP contribution in [0.2, 0.25) is 0 Å². The van der Waals surface area contributed by atoms with Gasteiger partial charge in [0.05, 0.1) is 23.5 Å². The van der Waals surface area contributed by atoms with Crippen molar-refractivity contribution in [3.8, 4) is 22.7 Å². The Labute approximate surface area is 203 Å². The molecule has 0 unspecified atom stereocenters. The van der Waals surface area contributed by atoms with Gasteiger partial charge in [-0.1, -0.05) is 37.3 Å². The monoisotopic (exact) mass is 467 g/mol. The number of nitrogens with one attached hydrogen (secondary N) is 1. The minimum atomic E-state index is -0.814. The van der Waals surface area contributed by atoms with Crippen LogP contribution in [0.4, 0.5) is 5.69 Å². The number of fused-ring (bicyclic) bond motifs is 1. The molecular weight excluding hydrogens is 442 g/mol. The highest BCUT2D eigenvalue weighted by atomic mass is 16.5. The number of amides is 2. The van der Waals surface area contributed by atoms with Crippen molar-refractivity contribution in [3.63, 3.8) is 0 Å². The zero-order valence-electron chi connectivity index (χ0n) is 19.3. The van der Waals surface area contributed by atoms with E-state index in [0.29, 0.717) is 29.2 Å². The summed E-state index contributed by atoms with van der Waals surface area (Å²) in [5.74, 6) is -0.0242. The molecule has 0 fully saturated rings. The van der Waals surface area contributed by atoms with Crippen LogP contribution in [0.25, 0.3) is 16.9 Å². The molecule has 176 valence electrons. The van der Waals surface area contributed by atoms with Gasteiger partial charge in [-0.2, -0.15) is 5.10 Å². The van der Waals surface area contributed by atoms with Crippen LogP contribution in [0.15, 0.2) is 85.3 Å². The molecule has 2 aromatic heterocycles. The second kappa shape index (κ2) is 9.80. The Balaban J connectivity index is 1.57. The largest absolute Gasteiger partial charge is 0.477 e. The van der Waals surface area contributed by atoms with Crippen LogP contribution in [-0.2, 0) is 4.79 Å². The fraction of sp³-hybridized carbons (Fsp3) is 0.185. The van der Waals surface area contributed by atoms with Crippen LogP contribution < -0.4 is 15.0 Å². The van der Waals surface area contributed by atoms with E-state index in [1.807, 2.05) is 67.6 Å². The van der Waals surface area contributed by atoms with Gasteiger partial charge in [0.25, 0.3) is 11.8 Å². The number of hydrogen-bond acceptors (Lipinski definition) is 5. The molecule has 1 aliphatic rings. The van der Waals surface area contributed by atoms with Gasteiger partial charge in [-0.05, 0) is 42.8 Å². The lowest BCUT2D eigenvalue weighted by atomic mass is 10.1. The molecule has 4 aromatic rings. The first-order valence-corrected chi connectivity index (χ1v) is 11.6. The summed E-state index contributed by atoms with van der Waals surface area (Å²) in [5.41, 5.74) is 3.09. The maximum atomic E-state index is 14.0. The van der Waals surface area contributed by atoms with Gasteiger partial charge in [-0.15, -0.1) is 0 Å². The van der Waals surface area contributed by atoms with Crippen molar-refractivity contribution in [2.45, 2.75) is 19.4 Å². The number of para-hydroxylation sites is 3. The summed E-state index contributed by atoms with van der Waals surface area (Å²) in [5, 5.41) is 7.60. The molecule has 0 saturated heterocycles. The molecule has 1 N–H and O–H groups in total. The maximum Gasteiger partial charge on any atom is 0.262 e. The summed E-state index contributed by atoms with van der Waals surface area (Å²) < 4.78 is 7.65. The summed E-state index contributed by atoms with van der Waals surface area (Å²) in [6, 6.07) is 20.5. The Morgan fingerprint density at radius 3 is 2.63 bits per heavy atom. The normalized spacial score (nSPS) is 14.7. The van der Waals surface area contributed by atoms with E-state index in [1.165, 1.54) is 0 Å². The molecule has 1 aliphatic heterocycles. The molecule has 0 aliphatic carbocycles. The van der Waals surface area contributed by atoms with E-state index < -0.39 is 6.10 Å². The van der Waals surface area contributed by atoms with Crippen molar-refractivity contribution in [2.75, 3.05) is 18.0 Å². The standard InChI is InChI=1S/C27H25N5O3/c1-2-14-29-26(33)24-18-31(22-12-6-7-13-23(22)35-24)27(34)21-17-32(20-10-4-3-5-11-20)30-25(21)19-9-8-15-28-16-19/h3-13,15-17,24H,2,14,18H2,1H3,(H,29,33)/t24-/m1/s1. The minimum Gasteiger partial charge on any atom is -0.477 e. The second-order valence-electron chi connectivity index (χ2n) is 8.19. The minimum absolute atomic E-state index is 0.0917. The van der Waals surface area contributed by atoms with E-state index in [9.17, 15) is 9.59 Å². The van der Waals surface area contributed by atoms with Gasteiger partial charge in [-0.3, -0.25) is 14.6 Å². The summed E-state index contributed by atoms with van der Waals surface area (Å²) in [7, 11) is 0. The Hall–Kier alpha value is -4.46. The Kier molecular flexibility index (Phi) is 6.26. The number of hydrogen-bond donors (Lipinski definition) is 1. The van der Waals surface area contributed by atoms with Crippen LogP contribution in [0.5, 0.6) is 5.75 Å². The number of carbonyl (C=O) groups excluding carboxylic acids is 2. The van der Waals surface area contributed by atoms with Crippen LogP contribution in [0, 0.1) is 0 Å². The van der Waals surface area contributed by atoms with Crippen molar-refractivity contribution < 1.29 is 14.3 Å². The third-order valence-electron chi connectivity index (χ3n) is 5.76. The fourth-order valence-electron chi connectivity index (χ4n) is 4.03. The van der Waals surface area contributed by atoms with E-state index in [-0.39, 0.29) is 18.4 Å². The zero-order chi connectivity index (χ0) is 24.2. The van der Waals surface area contributed by atoms with Gasteiger partial charge < -0.3 is 15.0 Å². The topological polar surface area (TPSA) is 89.4 Å². The number of anilines is 1. The average molecular weight is 468 g/mol. The first kappa shape index (κ1) is 22.3. The molecule has 0 radical (unpaired) electrons. The molecule has 2 aromatic carbocycles. The van der Waals surface area contributed by atoms with Crippen molar-refractivity contribution in [1.29, 1.82) is 0 Å². The lowest BCUT2D eigenvalue weighted by Crippen LogP contribution is -2.50. The number of benzene rings is 2. The Morgan fingerprint density at radius 1 is 1.06 bits per heavy atom. The number of ether oxygens (including phenoxy) is 1. The predicted octanol–water partition coefficient (Wildman–Crippen LogP) is 3.87. The van der Waals surface area contributed by atoms with Gasteiger partial charge in [0.15, 0.2) is 6.10 Å². The van der Waals surface area contributed by atoms with E-state index in [2.05, 4.69) is 10.3 Å². The molecule has 1 atom stereocenters. The third kappa shape index (κ3) is 4.50. The molecule has 5 rings (SSSR count). The summed E-state index contributed by atoms with van der Waals surface area (Å²) in [6.45, 7) is 2.62. The smallest absolute Gasteiger partial charge is 0.262 e. The summed E-state index contributed by atoms with van der Waals surface area (Å²) in [4.78, 5) is 32.6. The zero-order valence-corrected chi connectivity index (χ0v) is 19.3. The molecule has 35 heavy (non-hydrogen) atoms. The fourth-order valence-corrected chi connectivity index (χ4v) is 4.03. The summed E-state index contributed by atoms with van der Waals surface area (Å²) >= 11 is 0. The highest BCUT2D eigenvalue weighted by molar-refractivity contribution is 6.11. The number of nitrogens with zero attached hydrogens (tertiary/aromatic N) is 4. The van der Waals surface area contributed by atoms with E-state index in [0.717, 1.165) is 17.7 Å². The number of aromatic nitrogens is 3. The summed E-state index contributed by atoms with van der Waals surface area (Å²) in [6.07, 6.45) is 5.08. The van der Waals surface area contributed by atoms with E-state index >= 15 is 0 Å². The van der Waals surface area contributed by atoms with Crippen molar-refractivity contribution >= 4 is 17.5 Å². The van der Waals surface area contributed by atoms with Crippen molar-refractivity contribution in [3.05, 3.63) is 90.9 Å². The number of rotatable bonds is 6. The van der Waals surface area contributed by atoms with Crippen molar-refractivity contribution in [1.82, 2.24) is 20.1 Å². The number of carbonyl (C=O) groups is 2. The highest BCUT2D eigenvalue weighted by Gasteiger charge is 2.35. The highest BCUT2D eigenvalue weighted by Crippen LogP contribution is 2.35. The SMILES string of the molecule is CCCNC(=O)[C@H]1CN(C(=O)c2cn(-c3ccccc3)nc2-c2cccnc2)c2ccccc2O1. The van der Waals surface area contributed by atoms with Crippen LogP contribution in [0.3, 0.4) is 0 Å². The quantitative estimate of drug-likeness (QED) is 0.465. The molecule has 0 saturated carbocycles. The van der Waals surface area contributed by atoms with Crippen LogP contribution in [0.1, 0.15) is 23.7 Å². The molecule has 0 bridgehead atoms. The lowest BCUT2D eigenvalue weighted by molar-refractivity contribution is -0.127. The van der Waals surface area contributed by atoms with Gasteiger partial charge in [0.1, 0.15) is 11.4 Å². The van der Waals surface area contributed by atoms with Gasteiger partial charge in [0, 0.05) is 30.7 Å². The molecule has 3 heterocycles. The lowest BCUT2D eigenvalue weighted by Gasteiger charge is -2.34. The van der Waals surface area contributed by atoms with Gasteiger partial charge in [-0.25, -0.2) is 4.68 Å². The van der Waals surface area contributed by atoms with E-state index in [4.69, 9.17) is 9.84 Å². The average Bonchev–Trinajstić information content (AvgIpc) is 3.37. The molecule has 2 amide bonds. The second-order valence-corrected chi connectivity index (χ2v) is 8.19. The predicted molar refractivity (Wildman–Crippen MR) is 133 cm³/mol. The van der Waals surface area contributed by atoms with Crippen LogP contribution >= 0.6 is 0 Å². The molecule has 8 nitrogen and oxygen atoms in total. The van der Waals surface area contributed by atoms with Gasteiger partial charge in [0.2, 0.25) is 0 Å². The number of pyridine rings is 1. The molecule has 8 heteroatoms. The van der Waals surface area contributed by atoms with Crippen molar-refractivity contribution in [2.24, 2.45) is 0 Å². The molecule has 0 spiro atoms. The Morgan fingerprint density at radius 2 is 1.86 bits per heavy atom.